The molecular weight excluding hydrogens is 265 g/mol. The van der Waals surface area contributed by atoms with Gasteiger partial charge in [0.05, 0.1) is 0 Å². The van der Waals surface area contributed by atoms with Crippen molar-refractivity contribution in [2.24, 2.45) is 5.73 Å². The minimum absolute atomic E-state index is 0.0324. The Kier molecular flexibility index (Phi) is 4.40. The van der Waals surface area contributed by atoms with Crippen LogP contribution in [0, 0.1) is 5.82 Å². The molecule has 0 aliphatic carbocycles. The molecule has 2 rings (SSSR count). The number of benzene rings is 2. The lowest BCUT2D eigenvalue weighted by atomic mass is 9.92. The monoisotopic (exact) mass is 279 g/mol. The summed E-state index contributed by atoms with van der Waals surface area (Å²) in [4.78, 5) is 0. The second-order valence-electron chi connectivity index (χ2n) is 4.43. The van der Waals surface area contributed by atoms with Crippen LogP contribution in [0.4, 0.5) is 4.39 Å². The van der Waals surface area contributed by atoms with Crippen LogP contribution < -0.4 is 5.73 Å². The molecule has 2 aromatic rings. The number of phenolic OH excluding ortho intramolecular Hbond substituents is 1. The Labute approximate surface area is 116 Å². The average Bonchev–Trinajstić information content (AvgIpc) is 2.40. The lowest BCUT2D eigenvalue weighted by Crippen LogP contribution is -2.15. The Hall–Kier alpha value is -1.58. The summed E-state index contributed by atoms with van der Waals surface area (Å²) in [7, 11) is 0. The van der Waals surface area contributed by atoms with Crippen LogP contribution >= 0.6 is 11.6 Å². The first kappa shape index (κ1) is 13.8. The molecule has 1 unspecified atom stereocenters. The summed E-state index contributed by atoms with van der Waals surface area (Å²) in [6.07, 6.45) is 0.437. The van der Waals surface area contributed by atoms with Crippen LogP contribution in [-0.2, 0) is 6.42 Å². The maximum Gasteiger partial charge on any atom is 0.127 e. The van der Waals surface area contributed by atoms with E-state index in [1.807, 2.05) is 0 Å². The van der Waals surface area contributed by atoms with E-state index in [9.17, 15) is 9.50 Å². The first-order valence-electron chi connectivity index (χ1n) is 6.03. The minimum atomic E-state index is -0.315. The standard InChI is InChI=1S/C15H15ClFNO/c16-14-2-1-3-15(17)13(14)8-11(9-18)10-4-6-12(19)7-5-10/h1-7,11,19H,8-9,18H2. The summed E-state index contributed by atoms with van der Waals surface area (Å²) in [6, 6.07) is 11.4. The number of aromatic hydroxyl groups is 1. The molecule has 0 heterocycles. The van der Waals surface area contributed by atoms with Gasteiger partial charge in [0.2, 0.25) is 0 Å². The van der Waals surface area contributed by atoms with Crippen LogP contribution in [0.3, 0.4) is 0 Å². The van der Waals surface area contributed by atoms with E-state index in [2.05, 4.69) is 0 Å². The maximum absolute atomic E-state index is 13.8. The van der Waals surface area contributed by atoms with Gasteiger partial charge in [-0.05, 0) is 42.8 Å². The van der Waals surface area contributed by atoms with E-state index < -0.39 is 0 Å². The zero-order chi connectivity index (χ0) is 13.8. The van der Waals surface area contributed by atoms with E-state index in [0.717, 1.165) is 5.56 Å². The van der Waals surface area contributed by atoms with Crippen molar-refractivity contribution in [1.82, 2.24) is 0 Å². The number of nitrogens with two attached hydrogens (primary N) is 1. The maximum atomic E-state index is 13.8. The smallest absolute Gasteiger partial charge is 0.127 e. The topological polar surface area (TPSA) is 46.2 Å². The first-order valence-corrected chi connectivity index (χ1v) is 6.41. The second-order valence-corrected chi connectivity index (χ2v) is 4.84. The average molecular weight is 280 g/mol. The van der Waals surface area contributed by atoms with Crippen LogP contribution in [0.15, 0.2) is 42.5 Å². The Morgan fingerprint density at radius 2 is 1.84 bits per heavy atom. The SMILES string of the molecule is NCC(Cc1c(F)cccc1Cl)c1ccc(O)cc1. The molecule has 0 bridgehead atoms. The molecule has 0 saturated carbocycles. The number of phenols is 1. The zero-order valence-electron chi connectivity index (χ0n) is 10.3. The molecule has 0 saturated heterocycles. The third-order valence-corrected chi connectivity index (χ3v) is 3.52. The van der Waals surface area contributed by atoms with E-state index in [0.29, 0.717) is 23.6 Å². The highest BCUT2D eigenvalue weighted by atomic mass is 35.5. The molecule has 4 heteroatoms. The second kappa shape index (κ2) is 6.04. The molecule has 0 aromatic heterocycles. The summed E-state index contributed by atoms with van der Waals surface area (Å²) in [6.45, 7) is 0.384. The van der Waals surface area contributed by atoms with Gasteiger partial charge in [-0.2, -0.15) is 0 Å². The van der Waals surface area contributed by atoms with Gasteiger partial charge in [0, 0.05) is 16.5 Å². The minimum Gasteiger partial charge on any atom is -0.508 e. The van der Waals surface area contributed by atoms with Crippen molar-refractivity contribution in [3.8, 4) is 5.75 Å². The van der Waals surface area contributed by atoms with Gasteiger partial charge in [-0.15, -0.1) is 0 Å². The van der Waals surface area contributed by atoms with Gasteiger partial charge in [-0.25, -0.2) is 4.39 Å². The molecule has 2 nitrogen and oxygen atoms in total. The van der Waals surface area contributed by atoms with Gasteiger partial charge in [-0.3, -0.25) is 0 Å². The van der Waals surface area contributed by atoms with Gasteiger partial charge >= 0.3 is 0 Å². The molecule has 3 N–H and O–H groups in total. The Morgan fingerprint density at radius 1 is 1.16 bits per heavy atom. The summed E-state index contributed by atoms with van der Waals surface area (Å²) >= 11 is 6.02. The van der Waals surface area contributed by atoms with Gasteiger partial charge in [0.15, 0.2) is 0 Å². The van der Waals surface area contributed by atoms with Gasteiger partial charge in [0.1, 0.15) is 11.6 Å². The molecule has 0 aliphatic rings. The van der Waals surface area contributed by atoms with Crippen LogP contribution in [0.2, 0.25) is 5.02 Å². The largest absolute Gasteiger partial charge is 0.508 e. The number of halogens is 2. The van der Waals surface area contributed by atoms with E-state index in [1.165, 1.54) is 6.07 Å². The Morgan fingerprint density at radius 3 is 2.42 bits per heavy atom. The zero-order valence-corrected chi connectivity index (χ0v) is 11.1. The molecule has 0 amide bonds. The quantitative estimate of drug-likeness (QED) is 0.900. The van der Waals surface area contributed by atoms with E-state index in [-0.39, 0.29) is 17.5 Å². The van der Waals surface area contributed by atoms with Crippen molar-refractivity contribution in [3.05, 3.63) is 64.4 Å². The van der Waals surface area contributed by atoms with Crippen molar-refractivity contribution < 1.29 is 9.50 Å². The molecule has 0 spiro atoms. The summed E-state index contributed by atoms with van der Waals surface area (Å²) in [5, 5.41) is 9.69. The fourth-order valence-corrected chi connectivity index (χ4v) is 2.30. The van der Waals surface area contributed by atoms with Crippen molar-refractivity contribution in [2.75, 3.05) is 6.54 Å². The van der Waals surface area contributed by atoms with Gasteiger partial charge in [0.25, 0.3) is 0 Å². The van der Waals surface area contributed by atoms with Crippen molar-refractivity contribution in [1.29, 1.82) is 0 Å². The van der Waals surface area contributed by atoms with E-state index in [4.69, 9.17) is 17.3 Å². The normalized spacial score (nSPS) is 12.4. The molecule has 1 atom stereocenters. The van der Waals surface area contributed by atoms with Gasteiger partial charge < -0.3 is 10.8 Å². The Balaban J connectivity index is 2.26. The number of hydrogen-bond acceptors (Lipinski definition) is 2. The van der Waals surface area contributed by atoms with Crippen molar-refractivity contribution >= 4 is 11.6 Å². The summed E-state index contributed by atoms with van der Waals surface area (Å²) in [5.74, 6) is -0.150. The fraction of sp³-hybridized carbons (Fsp3) is 0.200. The Bertz CT molecular complexity index is 536. The summed E-state index contributed by atoms with van der Waals surface area (Å²) in [5.41, 5.74) is 7.20. The highest BCUT2D eigenvalue weighted by Gasteiger charge is 2.15. The van der Waals surface area contributed by atoms with E-state index >= 15 is 0 Å². The summed E-state index contributed by atoms with van der Waals surface area (Å²) < 4.78 is 13.8. The van der Waals surface area contributed by atoms with Crippen LogP contribution in [0.25, 0.3) is 0 Å². The lowest BCUT2D eigenvalue weighted by molar-refractivity contribution is 0.474. The number of hydrogen-bond donors (Lipinski definition) is 2. The number of rotatable bonds is 4. The third-order valence-electron chi connectivity index (χ3n) is 3.16. The first-order chi connectivity index (χ1) is 9.11. The highest BCUT2D eigenvalue weighted by Crippen LogP contribution is 2.27. The molecule has 2 aromatic carbocycles. The highest BCUT2D eigenvalue weighted by molar-refractivity contribution is 6.31. The van der Waals surface area contributed by atoms with Crippen molar-refractivity contribution in [2.45, 2.75) is 12.3 Å². The third kappa shape index (κ3) is 3.25. The lowest BCUT2D eigenvalue weighted by Gasteiger charge is -2.16. The van der Waals surface area contributed by atoms with Crippen LogP contribution in [-0.4, -0.2) is 11.7 Å². The van der Waals surface area contributed by atoms with Crippen LogP contribution in [0.5, 0.6) is 5.75 Å². The molecule has 0 fully saturated rings. The fourth-order valence-electron chi connectivity index (χ4n) is 2.06. The predicted molar refractivity (Wildman–Crippen MR) is 75.0 cm³/mol. The molecule has 100 valence electrons. The molecule has 0 aliphatic heterocycles. The van der Waals surface area contributed by atoms with Crippen molar-refractivity contribution in [3.63, 3.8) is 0 Å². The molecule has 0 radical (unpaired) electrons. The van der Waals surface area contributed by atoms with Crippen LogP contribution in [0.1, 0.15) is 17.0 Å². The molecule has 19 heavy (non-hydrogen) atoms. The molecular formula is C15H15ClFNO. The predicted octanol–water partition coefficient (Wildman–Crippen LogP) is 3.47. The van der Waals surface area contributed by atoms with E-state index in [1.54, 1.807) is 36.4 Å². The van der Waals surface area contributed by atoms with Gasteiger partial charge in [-0.1, -0.05) is 29.8 Å².